The second-order valence-corrected chi connectivity index (χ2v) is 7.29. The highest BCUT2D eigenvalue weighted by Crippen LogP contribution is 2.44. The van der Waals surface area contributed by atoms with Gasteiger partial charge in [0.15, 0.2) is 0 Å². The van der Waals surface area contributed by atoms with Crippen LogP contribution in [0.3, 0.4) is 0 Å². The summed E-state index contributed by atoms with van der Waals surface area (Å²) in [6.45, 7) is 0.565. The molecule has 0 saturated carbocycles. The first-order valence-corrected chi connectivity index (χ1v) is 9.54. The van der Waals surface area contributed by atoms with Gasteiger partial charge < -0.3 is 14.6 Å². The molecule has 0 aliphatic carbocycles. The number of nitro groups is 1. The monoisotopic (exact) mass is 389 g/mol. The Hall–Kier alpha value is -3.61. The third kappa shape index (κ3) is 2.61. The lowest BCUT2D eigenvalue weighted by atomic mass is 9.88. The Morgan fingerprint density at radius 1 is 1.14 bits per heavy atom. The molecule has 3 heterocycles. The fraction of sp³-hybridized carbons (Fsp3) is 0.227. The lowest BCUT2D eigenvalue weighted by molar-refractivity contribution is -0.385. The van der Waals surface area contributed by atoms with Gasteiger partial charge in [-0.15, -0.1) is 0 Å². The van der Waals surface area contributed by atoms with Gasteiger partial charge in [-0.2, -0.15) is 0 Å². The Kier molecular flexibility index (Phi) is 3.91. The SMILES string of the molecule is COc1ccc2[nH]c3c(c2c1)CCN1C(=O)CCC(c2ccccc2[N+](=O)[O-])=C31. The molecular formula is C22H19N3O4. The number of hydrogen-bond donors (Lipinski definition) is 1. The van der Waals surface area contributed by atoms with Crippen LogP contribution >= 0.6 is 0 Å². The highest BCUT2D eigenvalue weighted by atomic mass is 16.6. The van der Waals surface area contributed by atoms with Crippen LogP contribution in [-0.2, 0) is 11.2 Å². The molecule has 2 aliphatic heterocycles. The fourth-order valence-corrected chi connectivity index (χ4v) is 4.48. The van der Waals surface area contributed by atoms with Crippen molar-refractivity contribution in [3.8, 4) is 5.75 Å². The van der Waals surface area contributed by atoms with Crippen LogP contribution in [0.4, 0.5) is 5.69 Å². The molecule has 0 spiro atoms. The minimum atomic E-state index is -0.358. The summed E-state index contributed by atoms with van der Waals surface area (Å²) in [4.78, 5) is 29.2. The van der Waals surface area contributed by atoms with Crippen molar-refractivity contribution in [3.63, 3.8) is 0 Å². The minimum Gasteiger partial charge on any atom is -0.497 e. The zero-order valence-corrected chi connectivity index (χ0v) is 15.9. The largest absolute Gasteiger partial charge is 0.497 e. The Balaban J connectivity index is 1.80. The predicted molar refractivity (Wildman–Crippen MR) is 109 cm³/mol. The third-order valence-corrected chi connectivity index (χ3v) is 5.81. The van der Waals surface area contributed by atoms with E-state index in [0.717, 1.165) is 45.6 Å². The number of rotatable bonds is 3. The van der Waals surface area contributed by atoms with Gasteiger partial charge in [-0.3, -0.25) is 14.9 Å². The zero-order valence-electron chi connectivity index (χ0n) is 15.9. The van der Waals surface area contributed by atoms with Crippen LogP contribution in [-0.4, -0.2) is 34.4 Å². The van der Waals surface area contributed by atoms with Crippen LogP contribution in [0.25, 0.3) is 22.2 Å². The number of nitrogens with one attached hydrogen (secondary N) is 1. The number of aromatic nitrogens is 1. The summed E-state index contributed by atoms with van der Waals surface area (Å²) >= 11 is 0. The van der Waals surface area contributed by atoms with Crippen LogP contribution in [0.1, 0.15) is 29.7 Å². The molecule has 0 fully saturated rings. The number of allylic oxidation sites excluding steroid dienone is 1. The predicted octanol–water partition coefficient (Wildman–Crippen LogP) is 4.13. The molecule has 2 aromatic carbocycles. The number of aromatic amines is 1. The Labute approximate surface area is 166 Å². The van der Waals surface area contributed by atoms with Gasteiger partial charge in [0, 0.05) is 29.9 Å². The Morgan fingerprint density at radius 3 is 2.76 bits per heavy atom. The quantitative estimate of drug-likeness (QED) is 0.539. The van der Waals surface area contributed by atoms with Gasteiger partial charge >= 0.3 is 0 Å². The fourth-order valence-electron chi connectivity index (χ4n) is 4.48. The van der Waals surface area contributed by atoms with Crippen LogP contribution in [0.5, 0.6) is 5.75 Å². The van der Waals surface area contributed by atoms with Crippen molar-refractivity contribution in [2.45, 2.75) is 19.3 Å². The second-order valence-electron chi connectivity index (χ2n) is 7.29. The van der Waals surface area contributed by atoms with E-state index in [4.69, 9.17) is 4.74 Å². The number of H-pyrrole nitrogens is 1. The van der Waals surface area contributed by atoms with E-state index in [1.54, 1.807) is 30.2 Å². The van der Waals surface area contributed by atoms with E-state index in [9.17, 15) is 14.9 Å². The molecule has 7 heteroatoms. The Bertz CT molecular complexity index is 1210. The summed E-state index contributed by atoms with van der Waals surface area (Å²) < 4.78 is 5.37. The molecule has 0 saturated heterocycles. The van der Waals surface area contributed by atoms with E-state index < -0.39 is 0 Å². The summed E-state index contributed by atoms with van der Waals surface area (Å²) in [7, 11) is 1.64. The highest BCUT2D eigenvalue weighted by molar-refractivity contribution is 6.05. The van der Waals surface area contributed by atoms with Gasteiger partial charge in [-0.1, -0.05) is 12.1 Å². The van der Waals surface area contributed by atoms with E-state index in [2.05, 4.69) is 4.98 Å². The van der Waals surface area contributed by atoms with Gasteiger partial charge in [0.2, 0.25) is 5.91 Å². The van der Waals surface area contributed by atoms with Crippen LogP contribution in [0.15, 0.2) is 42.5 Å². The molecule has 29 heavy (non-hydrogen) atoms. The van der Waals surface area contributed by atoms with Crippen molar-refractivity contribution >= 4 is 33.8 Å². The lowest BCUT2D eigenvalue weighted by Crippen LogP contribution is -2.37. The van der Waals surface area contributed by atoms with Crippen molar-refractivity contribution in [2.24, 2.45) is 0 Å². The standard InChI is InChI=1S/C22H19N3O4/c1-29-13-6-8-18-17(12-13)15-10-11-24-20(26)9-7-16(22(24)21(15)23-18)14-4-2-3-5-19(14)25(27)28/h2-6,8,12,23H,7,9-11H2,1H3. The van der Waals surface area contributed by atoms with E-state index >= 15 is 0 Å². The molecule has 5 rings (SSSR count). The number of carbonyl (C=O) groups excluding carboxylic acids is 1. The maximum atomic E-state index is 12.7. The molecule has 2 aliphatic rings. The highest BCUT2D eigenvalue weighted by Gasteiger charge is 2.36. The van der Waals surface area contributed by atoms with Crippen molar-refractivity contribution in [2.75, 3.05) is 13.7 Å². The lowest BCUT2D eigenvalue weighted by Gasteiger charge is -2.35. The number of ether oxygens (including phenoxy) is 1. The first-order chi connectivity index (χ1) is 14.1. The molecule has 0 unspecified atom stereocenters. The number of nitro benzene ring substituents is 1. The summed E-state index contributed by atoms with van der Waals surface area (Å²) in [5.41, 5.74) is 5.22. The van der Waals surface area contributed by atoms with Gasteiger partial charge in [-0.05, 0) is 48.2 Å². The third-order valence-electron chi connectivity index (χ3n) is 5.81. The number of carbonyl (C=O) groups is 1. The topological polar surface area (TPSA) is 88.5 Å². The Morgan fingerprint density at radius 2 is 1.97 bits per heavy atom. The molecule has 146 valence electrons. The van der Waals surface area contributed by atoms with Gasteiger partial charge in [-0.25, -0.2) is 0 Å². The summed E-state index contributed by atoms with van der Waals surface area (Å²) in [6, 6.07) is 12.6. The average molecular weight is 389 g/mol. The number of amides is 1. The molecule has 1 amide bonds. The van der Waals surface area contributed by atoms with Gasteiger partial charge in [0.25, 0.3) is 5.69 Å². The van der Waals surface area contributed by atoms with Crippen LogP contribution in [0.2, 0.25) is 0 Å². The maximum absolute atomic E-state index is 12.7. The number of nitrogens with zero attached hydrogens (tertiary/aromatic N) is 2. The number of methoxy groups -OCH3 is 1. The molecule has 3 aromatic rings. The molecule has 1 N–H and O–H groups in total. The molecule has 0 atom stereocenters. The number of fused-ring (bicyclic) bond motifs is 5. The van der Waals surface area contributed by atoms with Crippen LogP contribution < -0.4 is 4.74 Å². The van der Waals surface area contributed by atoms with E-state index in [1.165, 1.54) is 6.07 Å². The normalized spacial score (nSPS) is 16.0. The van der Waals surface area contributed by atoms with E-state index in [0.29, 0.717) is 24.9 Å². The first-order valence-electron chi connectivity index (χ1n) is 9.54. The molecule has 0 radical (unpaired) electrons. The van der Waals surface area contributed by atoms with Gasteiger partial charge in [0.05, 0.1) is 29.0 Å². The number of benzene rings is 2. The summed E-state index contributed by atoms with van der Waals surface area (Å²) in [5.74, 6) is 0.832. The molecule has 7 nitrogen and oxygen atoms in total. The average Bonchev–Trinajstić information content (AvgIpc) is 3.12. The van der Waals surface area contributed by atoms with Crippen LogP contribution in [0, 0.1) is 10.1 Å². The summed E-state index contributed by atoms with van der Waals surface area (Å²) in [5, 5.41) is 12.7. The van der Waals surface area contributed by atoms with E-state index in [-0.39, 0.29) is 16.5 Å². The minimum absolute atomic E-state index is 0.0595. The van der Waals surface area contributed by atoms with Crippen molar-refractivity contribution in [1.82, 2.24) is 9.88 Å². The molecule has 0 bridgehead atoms. The second kappa shape index (κ2) is 6.48. The molecular weight excluding hydrogens is 370 g/mol. The first kappa shape index (κ1) is 17.5. The molecule has 1 aromatic heterocycles. The number of hydrogen-bond acceptors (Lipinski definition) is 4. The van der Waals surface area contributed by atoms with Crippen molar-refractivity contribution < 1.29 is 14.5 Å². The van der Waals surface area contributed by atoms with Crippen molar-refractivity contribution in [3.05, 3.63) is 69.4 Å². The smallest absolute Gasteiger partial charge is 0.276 e. The van der Waals surface area contributed by atoms with Gasteiger partial charge in [0.1, 0.15) is 5.75 Å². The zero-order chi connectivity index (χ0) is 20.1. The van der Waals surface area contributed by atoms with E-state index in [1.807, 2.05) is 18.2 Å². The number of para-hydroxylation sites is 1. The summed E-state index contributed by atoms with van der Waals surface area (Å²) in [6.07, 6.45) is 1.56. The van der Waals surface area contributed by atoms with Crippen molar-refractivity contribution in [1.29, 1.82) is 0 Å². The maximum Gasteiger partial charge on any atom is 0.276 e.